The Bertz CT molecular complexity index is 878. The van der Waals surface area contributed by atoms with Gasteiger partial charge in [0.2, 0.25) is 5.91 Å². The number of carbonyl (C=O) groups excluding carboxylic acids is 2. The van der Waals surface area contributed by atoms with Gasteiger partial charge in [-0.05, 0) is 30.7 Å². The number of allylic oxidation sites excluding steroid dienone is 3. The molecule has 1 aromatic carbocycles. The molecule has 134 valence electrons. The van der Waals surface area contributed by atoms with E-state index in [0.29, 0.717) is 22.8 Å². The molecular weight excluding hydrogens is 332 g/mol. The molecule has 1 aliphatic heterocycles. The first-order chi connectivity index (χ1) is 12.6. The molecule has 0 bridgehead atoms. The van der Waals surface area contributed by atoms with Gasteiger partial charge in [0, 0.05) is 17.7 Å². The van der Waals surface area contributed by atoms with Crippen molar-refractivity contribution < 1.29 is 19.1 Å². The number of hydrogen-bond donors (Lipinski definition) is 1. The van der Waals surface area contributed by atoms with E-state index in [-0.39, 0.29) is 11.8 Å². The van der Waals surface area contributed by atoms with Gasteiger partial charge >= 0.3 is 0 Å². The molecule has 6 nitrogen and oxygen atoms in total. The predicted octanol–water partition coefficient (Wildman–Crippen LogP) is 2.82. The summed E-state index contributed by atoms with van der Waals surface area (Å²) in [6, 6.07) is 5.06. The number of para-hydroxylation sites is 1. The molecule has 1 aromatic rings. The van der Waals surface area contributed by atoms with Crippen LogP contribution >= 0.6 is 0 Å². The number of nitrogens with one attached hydrogen (secondary N) is 1. The average Bonchev–Trinajstić information content (AvgIpc) is 2.66. The van der Waals surface area contributed by atoms with Crippen LogP contribution in [0.25, 0.3) is 0 Å². The molecule has 0 spiro atoms. The summed E-state index contributed by atoms with van der Waals surface area (Å²) in [6.07, 6.45) is 7.88. The Morgan fingerprint density at radius 3 is 2.73 bits per heavy atom. The average molecular weight is 352 g/mol. The Balaban J connectivity index is 1.92. The van der Waals surface area contributed by atoms with Crippen LogP contribution in [0.15, 0.2) is 58.8 Å². The van der Waals surface area contributed by atoms with Crippen molar-refractivity contribution >= 4 is 17.5 Å². The third kappa shape index (κ3) is 3.31. The summed E-state index contributed by atoms with van der Waals surface area (Å²) < 4.78 is 10.5. The van der Waals surface area contributed by atoms with Gasteiger partial charge < -0.3 is 14.8 Å². The lowest BCUT2D eigenvalue weighted by Gasteiger charge is -2.26. The predicted molar refractivity (Wildman–Crippen MR) is 98.5 cm³/mol. The third-order valence-corrected chi connectivity index (χ3v) is 4.35. The highest BCUT2D eigenvalue weighted by Crippen LogP contribution is 2.32. The lowest BCUT2D eigenvalue weighted by Crippen LogP contribution is -2.33. The van der Waals surface area contributed by atoms with Crippen LogP contribution in [0.3, 0.4) is 0 Å². The summed E-state index contributed by atoms with van der Waals surface area (Å²) in [7, 11) is 2.99. The number of amides is 2. The molecule has 1 atom stereocenters. The van der Waals surface area contributed by atoms with Crippen molar-refractivity contribution in [1.29, 1.82) is 0 Å². The van der Waals surface area contributed by atoms with Gasteiger partial charge in [-0.1, -0.05) is 24.6 Å². The minimum atomic E-state index is -0.441. The molecule has 1 heterocycles. The van der Waals surface area contributed by atoms with Crippen molar-refractivity contribution in [3.05, 3.63) is 59.3 Å². The Hall–Kier alpha value is -3.15. The second kappa shape index (κ2) is 7.39. The fraction of sp³-hybridized carbons (Fsp3) is 0.250. The van der Waals surface area contributed by atoms with Gasteiger partial charge in [0.25, 0.3) is 5.91 Å². The van der Waals surface area contributed by atoms with Crippen LogP contribution in [-0.4, -0.2) is 31.7 Å². The topological polar surface area (TPSA) is 77.0 Å². The molecule has 2 aliphatic rings. The van der Waals surface area contributed by atoms with Gasteiger partial charge in [0.1, 0.15) is 0 Å². The van der Waals surface area contributed by atoms with Crippen LogP contribution < -0.4 is 14.8 Å². The van der Waals surface area contributed by atoms with E-state index in [2.05, 4.69) is 10.3 Å². The fourth-order valence-corrected chi connectivity index (χ4v) is 3.09. The minimum Gasteiger partial charge on any atom is -0.493 e. The van der Waals surface area contributed by atoms with Crippen molar-refractivity contribution in [3.63, 3.8) is 0 Å². The van der Waals surface area contributed by atoms with Crippen LogP contribution in [0, 0.1) is 5.92 Å². The first kappa shape index (κ1) is 17.7. The number of nitrogens with zero attached hydrogens (tertiary/aromatic N) is 1. The zero-order valence-corrected chi connectivity index (χ0v) is 14.9. The van der Waals surface area contributed by atoms with Crippen molar-refractivity contribution in [1.82, 2.24) is 5.32 Å². The maximum atomic E-state index is 12.6. The third-order valence-electron chi connectivity index (χ3n) is 4.35. The Labute approximate surface area is 151 Å². The van der Waals surface area contributed by atoms with E-state index in [0.717, 1.165) is 17.7 Å². The smallest absolute Gasteiger partial charge is 0.281 e. The maximum absolute atomic E-state index is 12.6. The number of ether oxygens (including phenoxy) is 2. The number of methoxy groups -OCH3 is 2. The van der Waals surface area contributed by atoms with Crippen LogP contribution in [0.5, 0.6) is 11.5 Å². The molecule has 2 amide bonds. The summed E-state index contributed by atoms with van der Waals surface area (Å²) in [6.45, 7) is 2.01. The van der Waals surface area contributed by atoms with E-state index in [9.17, 15) is 9.59 Å². The standard InChI is InChI=1S/C20H20N2O4/c1-4-12-10-18(23)22-16-11-13(8-9-14(12)16)21-20(24)15-6-5-7-17(25-2)19(15)26-3/h5-11,14H,4H2,1-3H3,(H,22,23). The summed E-state index contributed by atoms with van der Waals surface area (Å²) in [5.74, 6) is 0.243. The summed E-state index contributed by atoms with van der Waals surface area (Å²) >= 11 is 0. The van der Waals surface area contributed by atoms with Crippen LogP contribution in [0.2, 0.25) is 0 Å². The molecule has 0 saturated heterocycles. The van der Waals surface area contributed by atoms with Crippen molar-refractivity contribution in [2.75, 3.05) is 14.2 Å². The van der Waals surface area contributed by atoms with Gasteiger partial charge in [0.05, 0.1) is 25.5 Å². The molecule has 26 heavy (non-hydrogen) atoms. The first-order valence-corrected chi connectivity index (χ1v) is 8.32. The molecular formula is C20H20N2O4. The molecule has 6 heteroatoms. The summed E-state index contributed by atoms with van der Waals surface area (Å²) in [5, 5.41) is 2.82. The lowest BCUT2D eigenvalue weighted by molar-refractivity contribution is -0.116. The lowest BCUT2D eigenvalue weighted by atomic mass is 9.86. The normalized spacial score (nSPS) is 20.0. The van der Waals surface area contributed by atoms with Gasteiger partial charge in [-0.3, -0.25) is 9.59 Å². The van der Waals surface area contributed by atoms with Crippen molar-refractivity contribution in [2.45, 2.75) is 13.3 Å². The monoisotopic (exact) mass is 352 g/mol. The van der Waals surface area contributed by atoms with E-state index < -0.39 is 5.91 Å². The van der Waals surface area contributed by atoms with Gasteiger partial charge in [-0.15, -0.1) is 0 Å². The zero-order valence-electron chi connectivity index (χ0n) is 14.9. The summed E-state index contributed by atoms with van der Waals surface area (Å²) in [5.41, 5.74) is 2.57. The number of fused-ring (bicyclic) bond motifs is 1. The Morgan fingerprint density at radius 1 is 1.23 bits per heavy atom. The molecule has 1 unspecified atom stereocenters. The van der Waals surface area contributed by atoms with Crippen LogP contribution in [0.4, 0.5) is 0 Å². The number of benzene rings is 1. The number of hydrogen-bond acceptors (Lipinski definition) is 4. The van der Waals surface area contributed by atoms with Crippen molar-refractivity contribution in [2.24, 2.45) is 10.9 Å². The fourth-order valence-electron chi connectivity index (χ4n) is 3.09. The highest BCUT2D eigenvalue weighted by Gasteiger charge is 2.25. The highest BCUT2D eigenvalue weighted by atomic mass is 16.5. The molecule has 0 radical (unpaired) electrons. The van der Waals surface area contributed by atoms with Gasteiger partial charge in [-0.2, -0.15) is 0 Å². The van der Waals surface area contributed by atoms with E-state index in [1.165, 1.54) is 14.2 Å². The summed E-state index contributed by atoms with van der Waals surface area (Å²) in [4.78, 5) is 28.6. The first-order valence-electron chi connectivity index (χ1n) is 8.32. The van der Waals surface area contributed by atoms with Gasteiger partial charge in [0.15, 0.2) is 11.5 Å². The highest BCUT2D eigenvalue weighted by molar-refractivity contribution is 6.14. The number of aliphatic imine (C=N–C) groups is 1. The van der Waals surface area contributed by atoms with E-state index in [1.54, 1.807) is 36.4 Å². The number of rotatable bonds is 4. The Kier molecular flexibility index (Phi) is 5.02. The second-order valence-corrected chi connectivity index (χ2v) is 5.88. The van der Waals surface area contributed by atoms with Crippen molar-refractivity contribution in [3.8, 4) is 11.5 Å². The molecule has 1 aliphatic carbocycles. The van der Waals surface area contributed by atoms with E-state index in [1.807, 2.05) is 13.0 Å². The number of carbonyl (C=O) groups is 2. The minimum absolute atomic E-state index is 0.0260. The molecule has 0 saturated carbocycles. The Morgan fingerprint density at radius 2 is 2.04 bits per heavy atom. The molecule has 0 aromatic heterocycles. The van der Waals surface area contributed by atoms with E-state index >= 15 is 0 Å². The second-order valence-electron chi connectivity index (χ2n) is 5.88. The molecule has 1 N–H and O–H groups in total. The van der Waals surface area contributed by atoms with Gasteiger partial charge in [-0.25, -0.2) is 4.99 Å². The quantitative estimate of drug-likeness (QED) is 0.904. The van der Waals surface area contributed by atoms with E-state index in [4.69, 9.17) is 9.47 Å². The molecule has 0 fully saturated rings. The van der Waals surface area contributed by atoms with Crippen LogP contribution in [0.1, 0.15) is 23.7 Å². The molecule has 3 rings (SSSR count). The zero-order chi connectivity index (χ0) is 18.7. The SMILES string of the molecule is CCC1=CC(=O)NC2=CC(=NC(=O)c3cccc(OC)c3OC)C=CC12. The van der Waals surface area contributed by atoms with Crippen LogP contribution in [-0.2, 0) is 4.79 Å². The largest absolute Gasteiger partial charge is 0.493 e. The maximum Gasteiger partial charge on any atom is 0.281 e.